The zero-order chi connectivity index (χ0) is 12.4. The summed E-state index contributed by atoms with van der Waals surface area (Å²) >= 11 is 0. The van der Waals surface area contributed by atoms with Crippen molar-refractivity contribution in [3.05, 3.63) is 71.8 Å². The molecule has 0 bridgehead atoms. The Morgan fingerprint density at radius 1 is 0.722 bits per heavy atom. The second kappa shape index (κ2) is 5.28. The van der Waals surface area contributed by atoms with Crippen LogP contribution in [-0.4, -0.2) is 7.57 Å². The van der Waals surface area contributed by atoms with Gasteiger partial charge in [0.1, 0.15) is 7.57 Å². The van der Waals surface area contributed by atoms with Crippen LogP contribution in [0, 0.1) is 0 Å². The topological polar surface area (TPSA) is 0 Å². The van der Waals surface area contributed by atoms with Gasteiger partial charge in [-0.05, 0) is 35.3 Å². The highest BCUT2D eigenvalue weighted by Crippen LogP contribution is 2.67. The third-order valence-electron chi connectivity index (χ3n) is 4.07. The first kappa shape index (κ1) is 12.0. The molecule has 0 aromatic heterocycles. The van der Waals surface area contributed by atoms with Gasteiger partial charge in [-0.25, -0.2) is 0 Å². The van der Waals surface area contributed by atoms with Gasteiger partial charge in [0.25, 0.3) is 0 Å². The summed E-state index contributed by atoms with van der Waals surface area (Å²) in [5, 5.41) is 0. The van der Waals surface area contributed by atoms with E-state index in [9.17, 15) is 0 Å². The van der Waals surface area contributed by atoms with E-state index < -0.39 is 0 Å². The molecule has 1 aliphatic rings. The quantitative estimate of drug-likeness (QED) is 0.552. The van der Waals surface area contributed by atoms with Crippen molar-refractivity contribution < 1.29 is 0 Å². The molecule has 1 fully saturated rings. The zero-order valence-corrected chi connectivity index (χ0v) is 11.7. The molecular formula is C16H18BP. The molecule has 0 aliphatic carbocycles. The average molecular weight is 252 g/mol. The Morgan fingerprint density at radius 3 is 1.50 bits per heavy atom. The summed E-state index contributed by atoms with van der Waals surface area (Å²) in [4.78, 5) is 0. The number of benzene rings is 2. The van der Waals surface area contributed by atoms with Gasteiger partial charge in [-0.1, -0.05) is 60.7 Å². The van der Waals surface area contributed by atoms with E-state index in [1.165, 1.54) is 12.8 Å². The zero-order valence-electron chi connectivity index (χ0n) is 10.8. The van der Waals surface area contributed by atoms with E-state index in [0.29, 0.717) is 0 Å². The van der Waals surface area contributed by atoms with E-state index in [0.717, 1.165) is 11.3 Å². The number of hydrogen-bond acceptors (Lipinski definition) is 0. The van der Waals surface area contributed by atoms with Crippen LogP contribution in [0.4, 0.5) is 0 Å². The molecule has 2 aromatic rings. The van der Waals surface area contributed by atoms with E-state index in [2.05, 4.69) is 68.2 Å². The molecule has 3 rings (SSSR count). The largest absolute Gasteiger partial charge is 0.135 e. The maximum atomic E-state index is 2.48. The van der Waals surface area contributed by atoms with Gasteiger partial charge in [0, 0.05) is 0 Å². The van der Waals surface area contributed by atoms with Gasteiger partial charge in [0.2, 0.25) is 0 Å². The van der Waals surface area contributed by atoms with Gasteiger partial charge < -0.3 is 0 Å². The lowest BCUT2D eigenvalue weighted by Crippen LogP contribution is -1.93. The Morgan fingerprint density at radius 2 is 1.11 bits per heavy atom. The van der Waals surface area contributed by atoms with Crippen LogP contribution in [0.15, 0.2) is 60.7 Å². The highest BCUT2D eigenvalue weighted by molar-refractivity contribution is 7.82. The van der Waals surface area contributed by atoms with E-state index >= 15 is 0 Å². The van der Waals surface area contributed by atoms with Crippen LogP contribution in [0.3, 0.4) is 0 Å². The Balaban J connectivity index is 1.83. The summed E-state index contributed by atoms with van der Waals surface area (Å²) in [6, 6.07) is 22.1. The monoisotopic (exact) mass is 252 g/mol. The van der Waals surface area contributed by atoms with Crippen LogP contribution >= 0.6 is 7.80 Å². The Hall–Kier alpha value is -1.07. The fraction of sp³-hybridized carbons (Fsp3) is 0.250. The molecule has 0 N–H and O–H groups in total. The van der Waals surface area contributed by atoms with Crippen molar-refractivity contribution >= 4 is 15.4 Å². The maximum Gasteiger partial charge on any atom is 0.135 e. The molecule has 1 heterocycles. The van der Waals surface area contributed by atoms with Gasteiger partial charge in [-0.15, -0.1) is 7.80 Å². The van der Waals surface area contributed by atoms with Gasteiger partial charge in [-0.3, -0.25) is 0 Å². The molecule has 0 radical (unpaired) electrons. The third-order valence-corrected chi connectivity index (χ3v) is 7.14. The van der Waals surface area contributed by atoms with Crippen molar-refractivity contribution in [2.75, 3.05) is 0 Å². The third kappa shape index (κ3) is 2.25. The summed E-state index contributed by atoms with van der Waals surface area (Å²) < 4.78 is 0. The first-order valence-corrected chi connectivity index (χ1v) is 8.61. The Labute approximate surface area is 112 Å². The van der Waals surface area contributed by atoms with Crippen LogP contribution < -0.4 is 0 Å². The van der Waals surface area contributed by atoms with Crippen molar-refractivity contribution in [3.63, 3.8) is 0 Å². The maximum absolute atomic E-state index is 2.48. The molecule has 0 spiro atoms. The average Bonchev–Trinajstić information content (AvgIpc) is 2.83. The molecular weight excluding hydrogens is 234 g/mol. The second-order valence-electron chi connectivity index (χ2n) is 5.10. The molecule has 18 heavy (non-hydrogen) atoms. The first-order valence-electron chi connectivity index (χ1n) is 6.68. The predicted octanol–water partition coefficient (Wildman–Crippen LogP) is 4.29. The molecule has 2 atom stereocenters. The van der Waals surface area contributed by atoms with Gasteiger partial charge in [0.05, 0.1) is 0 Å². The number of hydrogen-bond donors (Lipinski definition) is 0. The van der Waals surface area contributed by atoms with E-state index in [1.54, 1.807) is 11.1 Å². The highest BCUT2D eigenvalue weighted by atomic mass is 31.1. The lowest BCUT2D eigenvalue weighted by atomic mass is 10.0. The normalized spacial score (nSPS) is 24.2. The molecule has 0 amide bonds. The van der Waals surface area contributed by atoms with Crippen molar-refractivity contribution in [1.82, 2.24) is 0 Å². The SMILES string of the molecule is BP1[C@@H](c2ccccc2)CC[C@@H]1c1ccccc1. The molecule has 1 saturated heterocycles. The van der Waals surface area contributed by atoms with E-state index in [1.807, 2.05) is 0 Å². The van der Waals surface area contributed by atoms with Crippen LogP contribution in [-0.2, 0) is 0 Å². The molecule has 0 nitrogen and oxygen atoms in total. The summed E-state index contributed by atoms with van der Waals surface area (Å²) in [5.41, 5.74) is 4.69. The summed E-state index contributed by atoms with van der Waals surface area (Å²) in [6.07, 6.45) is 2.71. The first-order chi connectivity index (χ1) is 8.86. The molecule has 1 aliphatic heterocycles. The van der Waals surface area contributed by atoms with Crippen molar-refractivity contribution in [3.8, 4) is 0 Å². The minimum Gasteiger partial charge on any atom is -0.134 e. The van der Waals surface area contributed by atoms with Crippen LogP contribution in [0.5, 0.6) is 0 Å². The molecule has 90 valence electrons. The summed E-state index contributed by atoms with van der Waals surface area (Å²) in [5.74, 6) is 0. The Bertz CT molecular complexity index is 450. The van der Waals surface area contributed by atoms with Crippen molar-refractivity contribution in [1.29, 1.82) is 0 Å². The summed E-state index contributed by atoms with van der Waals surface area (Å²) in [7, 11) is 2.54. The minimum atomic E-state index is 0.0556. The Kier molecular flexibility index (Phi) is 3.52. The predicted molar refractivity (Wildman–Crippen MR) is 83.1 cm³/mol. The van der Waals surface area contributed by atoms with Gasteiger partial charge >= 0.3 is 0 Å². The lowest BCUT2D eigenvalue weighted by Gasteiger charge is -2.22. The molecule has 0 saturated carbocycles. The standard InChI is InChI=1S/C16H18BP/c17-18-15(13-7-3-1-4-8-13)11-12-16(18)14-9-5-2-6-10-14/h1-10,15-16H,11-12,17H2/t15-,16-/m1/s1. The van der Waals surface area contributed by atoms with Crippen molar-refractivity contribution in [2.24, 2.45) is 0 Å². The lowest BCUT2D eigenvalue weighted by molar-refractivity contribution is 0.765. The van der Waals surface area contributed by atoms with E-state index in [4.69, 9.17) is 0 Å². The number of rotatable bonds is 2. The van der Waals surface area contributed by atoms with Gasteiger partial charge in [-0.2, -0.15) is 0 Å². The minimum absolute atomic E-state index is 0.0556. The molecule has 2 heteroatoms. The second-order valence-corrected chi connectivity index (χ2v) is 7.67. The van der Waals surface area contributed by atoms with Crippen LogP contribution in [0.25, 0.3) is 0 Å². The van der Waals surface area contributed by atoms with Gasteiger partial charge in [0.15, 0.2) is 0 Å². The van der Waals surface area contributed by atoms with Crippen molar-refractivity contribution in [2.45, 2.75) is 24.2 Å². The summed E-state index contributed by atoms with van der Waals surface area (Å²) in [6.45, 7) is 0. The molecule has 0 unspecified atom stereocenters. The van der Waals surface area contributed by atoms with Crippen LogP contribution in [0.2, 0.25) is 0 Å². The fourth-order valence-corrected chi connectivity index (χ4v) is 5.93. The molecule has 2 aromatic carbocycles. The fourth-order valence-electron chi connectivity index (χ4n) is 3.09. The smallest absolute Gasteiger partial charge is 0.134 e. The van der Waals surface area contributed by atoms with E-state index in [-0.39, 0.29) is 7.80 Å². The van der Waals surface area contributed by atoms with Crippen LogP contribution in [0.1, 0.15) is 35.3 Å². The highest BCUT2D eigenvalue weighted by Gasteiger charge is 2.33.